The molecule has 1 saturated heterocycles. The molecule has 1 aromatic carbocycles. The van der Waals surface area contributed by atoms with Gasteiger partial charge in [-0.05, 0) is 17.7 Å². The lowest BCUT2D eigenvalue weighted by Gasteiger charge is -2.15. The van der Waals surface area contributed by atoms with Crippen LogP contribution in [0.25, 0.3) is 0 Å². The van der Waals surface area contributed by atoms with Gasteiger partial charge in [0.05, 0.1) is 0 Å². The van der Waals surface area contributed by atoms with Crippen LogP contribution in [0.15, 0.2) is 24.3 Å². The van der Waals surface area contributed by atoms with Gasteiger partial charge in [0.15, 0.2) is 0 Å². The molecule has 0 aliphatic carbocycles. The van der Waals surface area contributed by atoms with Crippen LogP contribution in [-0.2, 0) is 9.05 Å². The van der Waals surface area contributed by atoms with Crippen LogP contribution in [0, 0.1) is 5.82 Å². The molecule has 2 N–H and O–H groups in total. The van der Waals surface area contributed by atoms with Crippen molar-refractivity contribution in [2.45, 2.75) is 11.3 Å². The van der Waals surface area contributed by atoms with Crippen LogP contribution < -0.4 is 10.9 Å². The van der Waals surface area contributed by atoms with Gasteiger partial charge in [0.1, 0.15) is 11.2 Å². The molecule has 1 aliphatic heterocycles. The zero-order valence-electron chi connectivity index (χ0n) is 8.15. The smallest absolute Gasteiger partial charge is 0.250 e. The summed E-state index contributed by atoms with van der Waals surface area (Å²) in [5.41, 5.74) is 6.06. The molecule has 2 atom stereocenters. The van der Waals surface area contributed by atoms with E-state index in [1.165, 1.54) is 12.1 Å². The fourth-order valence-electron chi connectivity index (χ4n) is 1.75. The van der Waals surface area contributed by atoms with Crippen LogP contribution in [0.1, 0.15) is 11.5 Å². The summed E-state index contributed by atoms with van der Waals surface area (Å²) in [7, 11) is 1.61. The maximum atomic E-state index is 12.7. The van der Waals surface area contributed by atoms with Crippen molar-refractivity contribution in [1.29, 1.82) is 0 Å². The van der Waals surface area contributed by atoms with E-state index in [0.717, 1.165) is 5.56 Å². The summed E-state index contributed by atoms with van der Waals surface area (Å²) >= 11 is 0. The van der Waals surface area contributed by atoms with E-state index in [9.17, 15) is 12.8 Å². The lowest BCUT2D eigenvalue weighted by Crippen LogP contribution is -2.35. The molecule has 4 nitrogen and oxygen atoms in total. The third kappa shape index (κ3) is 2.35. The van der Waals surface area contributed by atoms with Crippen molar-refractivity contribution < 1.29 is 12.8 Å². The number of benzene rings is 1. The van der Waals surface area contributed by atoms with Crippen LogP contribution in [0.2, 0.25) is 0 Å². The number of rotatable bonds is 2. The van der Waals surface area contributed by atoms with Gasteiger partial charge in [-0.1, -0.05) is 12.1 Å². The SMILES string of the molecule is O=S(=O)(Cl)C1NNCC1c1ccc(F)cc1. The highest BCUT2D eigenvalue weighted by Gasteiger charge is 2.37. The fourth-order valence-corrected chi connectivity index (χ4v) is 3.12. The number of hydrogen-bond acceptors (Lipinski definition) is 4. The summed E-state index contributed by atoms with van der Waals surface area (Å²) in [5.74, 6) is -0.670. The highest BCUT2D eigenvalue weighted by molar-refractivity contribution is 8.14. The highest BCUT2D eigenvalue weighted by Crippen LogP contribution is 2.27. The van der Waals surface area contributed by atoms with Crippen LogP contribution in [0.3, 0.4) is 0 Å². The standard InChI is InChI=1S/C9H10ClFN2O2S/c10-16(14,15)9-8(5-12-13-9)6-1-3-7(11)4-2-6/h1-4,8-9,12-13H,5H2. The predicted octanol–water partition coefficient (Wildman–Crippen LogP) is 0.912. The largest absolute Gasteiger partial charge is 0.256 e. The minimum atomic E-state index is -3.71. The summed E-state index contributed by atoms with van der Waals surface area (Å²) in [6, 6.07) is 5.71. The number of halogens is 2. The van der Waals surface area contributed by atoms with Crippen LogP contribution in [0.4, 0.5) is 4.39 Å². The topological polar surface area (TPSA) is 58.2 Å². The maximum Gasteiger partial charge on any atom is 0.250 e. The van der Waals surface area contributed by atoms with E-state index in [-0.39, 0.29) is 11.7 Å². The Morgan fingerprint density at radius 3 is 2.50 bits per heavy atom. The Bertz CT molecular complexity index is 477. The van der Waals surface area contributed by atoms with Gasteiger partial charge in [-0.15, -0.1) is 0 Å². The van der Waals surface area contributed by atoms with Crippen molar-refractivity contribution in [2.24, 2.45) is 0 Å². The van der Waals surface area contributed by atoms with E-state index >= 15 is 0 Å². The molecule has 0 radical (unpaired) electrons. The monoisotopic (exact) mass is 264 g/mol. The van der Waals surface area contributed by atoms with Gasteiger partial charge in [0.25, 0.3) is 0 Å². The van der Waals surface area contributed by atoms with Crippen molar-refractivity contribution in [3.8, 4) is 0 Å². The molecule has 0 bridgehead atoms. The number of hydrazine groups is 1. The quantitative estimate of drug-likeness (QED) is 0.780. The predicted molar refractivity (Wildman–Crippen MR) is 58.8 cm³/mol. The maximum absolute atomic E-state index is 12.7. The molecule has 7 heteroatoms. The van der Waals surface area contributed by atoms with Crippen LogP contribution in [-0.4, -0.2) is 20.3 Å². The molecule has 16 heavy (non-hydrogen) atoms. The Kier molecular flexibility index (Phi) is 3.16. The van der Waals surface area contributed by atoms with Crippen LogP contribution in [0.5, 0.6) is 0 Å². The van der Waals surface area contributed by atoms with E-state index in [0.29, 0.717) is 6.54 Å². The molecule has 0 amide bonds. The first-order valence-electron chi connectivity index (χ1n) is 4.66. The van der Waals surface area contributed by atoms with Crippen molar-refractivity contribution in [3.63, 3.8) is 0 Å². The Morgan fingerprint density at radius 2 is 1.94 bits per heavy atom. The lowest BCUT2D eigenvalue weighted by atomic mass is 10.0. The second kappa shape index (κ2) is 4.29. The minimum Gasteiger partial charge on any atom is -0.256 e. The first kappa shape index (κ1) is 11.8. The molecule has 0 saturated carbocycles. The van der Waals surface area contributed by atoms with Gasteiger partial charge in [-0.25, -0.2) is 18.2 Å². The Morgan fingerprint density at radius 1 is 1.31 bits per heavy atom. The molecule has 0 spiro atoms. The second-order valence-electron chi connectivity index (χ2n) is 3.58. The fraction of sp³-hybridized carbons (Fsp3) is 0.333. The van der Waals surface area contributed by atoms with Gasteiger partial charge in [-0.3, -0.25) is 5.43 Å². The average Bonchev–Trinajstić information content (AvgIpc) is 2.66. The zero-order valence-corrected chi connectivity index (χ0v) is 9.72. The van der Waals surface area contributed by atoms with Crippen molar-refractivity contribution in [1.82, 2.24) is 10.9 Å². The van der Waals surface area contributed by atoms with E-state index in [1.54, 1.807) is 12.1 Å². The molecular formula is C9H10ClFN2O2S. The Balaban J connectivity index is 2.30. The summed E-state index contributed by atoms with van der Waals surface area (Å²) in [6.45, 7) is 0.433. The Hall–Kier alpha value is -0.690. The summed E-state index contributed by atoms with van der Waals surface area (Å²) in [6.07, 6.45) is 0. The van der Waals surface area contributed by atoms with Crippen molar-refractivity contribution in [3.05, 3.63) is 35.6 Å². The van der Waals surface area contributed by atoms with E-state index < -0.39 is 14.4 Å². The average molecular weight is 265 g/mol. The molecule has 1 aromatic rings. The van der Waals surface area contributed by atoms with Crippen LogP contribution >= 0.6 is 10.7 Å². The Labute approximate surface area is 97.2 Å². The molecule has 1 fully saturated rings. The van der Waals surface area contributed by atoms with Gasteiger partial charge in [0, 0.05) is 23.1 Å². The number of hydrogen-bond donors (Lipinski definition) is 2. The lowest BCUT2D eigenvalue weighted by molar-refractivity contribution is 0.566. The highest BCUT2D eigenvalue weighted by atomic mass is 35.7. The third-order valence-corrected chi connectivity index (χ3v) is 4.16. The van der Waals surface area contributed by atoms with Gasteiger partial charge >= 0.3 is 0 Å². The number of nitrogens with one attached hydrogen (secondary N) is 2. The normalized spacial score (nSPS) is 25.9. The van der Waals surface area contributed by atoms with Gasteiger partial charge < -0.3 is 0 Å². The van der Waals surface area contributed by atoms with Crippen molar-refractivity contribution in [2.75, 3.05) is 6.54 Å². The summed E-state index contributed by atoms with van der Waals surface area (Å²) in [5, 5.41) is -0.889. The van der Waals surface area contributed by atoms with Crippen molar-refractivity contribution >= 4 is 19.7 Å². The first-order valence-corrected chi connectivity index (χ1v) is 7.03. The zero-order chi connectivity index (χ0) is 11.8. The molecule has 88 valence electrons. The molecule has 2 rings (SSSR count). The first-order chi connectivity index (χ1) is 7.48. The van der Waals surface area contributed by atoms with E-state index in [1.807, 2.05) is 0 Å². The van der Waals surface area contributed by atoms with E-state index in [4.69, 9.17) is 10.7 Å². The second-order valence-corrected chi connectivity index (χ2v) is 6.33. The molecule has 1 aliphatic rings. The summed E-state index contributed by atoms with van der Waals surface area (Å²) in [4.78, 5) is 0. The van der Waals surface area contributed by atoms with E-state index in [2.05, 4.69) is 10.9 Å². The third-order valence-electron chi connectivity index (χ3n) is 2.53. The molecule has 2 unspecified atom stereocenters. The van der Waals surface area contributed by atoms with Gasteiger partial charge in [-0.2, -0.15) is 0 Å². The molecule has 1 heterocycles. The summed E-state index contributed by atoms with van der Waals surface area (Å²) < 4.78 is 35.3. The molecule has 0 aromatic heterocycles. The molecular weight excluding hydrogens is 255 g/mol. The van der Waals surface area contributed by atoms with Gasteiger partial charge in [0.2, 0.25) is 9.05 Å². The minimum absolute atomic E-state index is 0.317.